The lowest BCUT2D eigenvalue weighted by Gasteiger charge is -2.26. The van der Waals surface area contributed by atoms with Crippen LogP contribution in [0.25, 0.3) is 0 Å². The topological polar surface area (TPSA) is 79.6 Å². The van der Waals surface area contributed by atoms with E-state index in [0.29, 0.717) is 11.4 Å². The monoisotopic (exact) mass is 390 g/mol. The molecule has 3 amide bonds. The predicted octanol–water partition coefficient (Wildman–Crippen LogP) is 3.47. The Morgan fingerprint density at radius 2 is 1.79 bits per heavy atom. The second-order valence-corrected chi connectivity index (χ2v) is 8.14. The van der Waals surface area contributed by atoms with Crippen LogP contribution in [-0.2, 0) is 14.4 Å². The van der Waals surface area contributed by atoms with E-state index in [1.54, 1.807) is 12.1 Å². The minimum Gasteiger partial charge on any atom is -0.467 e. The Hall–Kier alpha value is -3.15. The summed E-state index contributed by atoms with van der Waals surface area (Å²) in [6, 6.07) is 10.2. The minimum atomic E-state index is -0.737. The standard InChI is InChI=1S/C23H22N2O4/c1-13-5-2-3-6-16(13)24-19(26)12-17(18-7-4-10-29-18)25-22(27)20-14-8-9-15(11-14)21(20)23(25)28/h2-10,14-15,17,20-21H,11-12H2,1H3,(H,24,26). The minimum absolute atomic E-state index is 0.0401. The second-order valence-electron chi connectivity index (χ2n) is 8.14. The van der Waals surface area contributed by atoms with Gasteiger partial charge in [-0.3, -0.25) is 19.3 Å². The zero-order valence-electron chi connectivity index (χ0n) is 16.1. The first-order valence-electron chi connectivity index (χ1n) is 9.98. The van der Waals surface area contributed by atoms with Gasteiger partial charge in [-0.25, -0.2) is 0 Å². The van der Waals surface area contributed by atoms with Crippen molar-refractivity contribution in [2.75, 3.05) is 5.32 Å². The van der Waals surface area contributed by atoms with E-state index in [2.05, 4.69) is 17.5 Å². The van der Waals surface area contributed by atoms with Gasteiger partial charge in [-0.05, 0) is 48.9 Å². The molecule has 5 rings (SSSR count). The molecule has 1 saturated carbocycles. The van der Waals surface area contributed by atoms with Crippen LogP contribution in [0.4, 0.5) is 5.69 Å². The summed E-state index contributed by atoms with van der Waals surface area (Å²) in [6.07, 6.45) is 6.46. The molecule has 1 saturated heterocycles. The van der Waals surface area contributed by atoms with Gasteiger partial charge in [0.25, 0.3) is 0 Å². The molecule has 2 heterocycles. The molecule has 6 nitrogen and oxygen atoms in total. The summed E-state index contributed by atoms with van der Waals surface area (Å²) in [5.74, 6) is -0.506. The number of fused-ring (bicyclic) bond motifs is 5. The second kappa shape index (κ2) is 6.72. The van der Waals surface area contributed by atoms with Crippen molar-refractivity contribution in [1.82, 2.24) is 4.90 Å². The molecule has 5 atom stereocenters. The summed E-state index contributed by atoms with van der Waals surface area (Å²) in [7, 11) is 0. The number of carbonyl (C=O) groups is 3. The molecule has 1 N–H and O–H groups in total. The molecule has 3 aliphatic rings. The van der Waals surface area contributed by atoms with Gasteiger partial charge in [0.05, 0.1) is 24.5 Å². The van der Waals surface area contributed by atoms with Crippen LogP contribution in [0.3, 0.4) is 0 Å². The molecule has 0 radical (unpaired) electrons. The number of amides is 3. The Morgan fingerprint density at radius 3 is 2.41 bits per heavy atom. The lowest BCUT2D eigenvalue weighted by atomic mass is 9.85. The highest BCUT2D eigenvalue weighted by atomic mass is 16.3. The van der Waals surface area contributed by atoms with Gasteiger partial charge >= 0.3 is 0 Å². The van der Waals surface area contributed by atoms with E-state index < -0.39 is 6.04 Å². The molecule has 0 spiro atoms. The van der Waals surface area contributed by atoms with E-state index >= 15 is 0 Å². The van der Waals surface area contributed by atoms with Crippen LogP contribution >= 0.6 is 0 Å². The predicted molar refractivity (Wildman–Crippen MR) is 105 cm³/mol. The van der Waals surface area contributed by atoms with Gasteiger partial charge in [0, 0.05) is 5.69 Å². The van der Waals surface area contributed by atoms with Crippen molar-refractivity contribution >= 4 is 23.4 Å². The van der Waals surface area contributed by atoms with E-state index in [1.807, 2.05) is 31.2 Å². The summed E-state index contributed by atoms with van der Waals surface area (Å²) >= 11 is 0. The number of allylic oxidation sites excluding steroid dienone is 2. The molecule has 6 heteroatoms. The van der Waals surface area contributed by atoms with Gasteiger partial charge in [-0.1, -0.05) is 30.4 Å². The number of imide groups is 1. The van der Waals surface area contributed by atoms with E-state index in [-0.39, 0.29) is 47.8 Å². The van der Waals surface area contributed by atoms with Crippen molar-refractivity contribution in [3.63, 3.8) is 0 Å². The number of carbonyl (C=O) groups excluding carboxylic acids is 3. The molecule has 2 aliphatic carbocycles. The lowest BCUT2D eigenvalue weighted by molar-refractivity contribution is -0.144. The number of hydrogen-bond acceptors (Lipinski definition) is 4. The number of furan rings is 1. The molecule has 2 aromatic rings. The smallest absolute Gasteiger partial charge is 0.234 e. The zero-order chi connectivity index (χ0) is 20.1. The summed E-state index contributed by atoms with van der Waals surface area (Å²) < 4.78 is 5.53. The van der Waals surface area contributed by atoms with Crippen LogP contribution < -0.4 is 5.32 Å². The molecule has 2 fully saturated rings. The van der Waals surface area contributed by atoms with Gasteiger partial charge < -0.3 is 9.73 Å². The molecule has 29 heavy (non-hydrogen) atoms. The Kier molecular flexibility index (Phi) is 4.15. The van der Waals surface area contributed by atoms with Crippen molar-refractivity contribution < 1.29 is 18.8 Å². The number of likely N-dealkylation sites (tertiary alicyclic amines) is 1. The maximum absolute atomic E-state index is 13.2. The average Bonchev–Trinajstić information content (AvgIpc) is 3.48. The van der Waals surface area contributed by atoms with Crippen molar-refractivity contribution in [3.8, 4) is 0 Å². The lowest BCUT2D eigenvalue weighted by Crippen LogP contribution is -2.38. The number of aryl methyl sites for hydroxylation is 1. The van der Waals surface area contributed by atoms with E-state index in [1.165, 1.54) is 11.2 Å². The van der Waals surface area contributed by atoms with Crippen molar-refractivity contribution in [2.45, 2.75) is 25.8 Å². The normalized spacial score (nSPS) is 28.1. The maximum atomic E-state index is 13.2. The van der Waals surface area contributed by atoms with Crippen LogP contribution in [0.2, 0.25) is 0 Å². The molecular formula is C23H22N2O4. The van der Waals surface area contributed by atoms with Gasteiger partial charge in [-0.2, -0.15) is 0 Å². The Morgan fingerprint density at radius 1 is 1.10 bits per heavy atom. The SMILES string of the molecule is Cc1ccccc1NC(=O)CC(c1ccco1)N1C(=O)C2C3C=CC(C3)C2C1=O. The Labute approximate surface area is 168 Å². The highest BCUT2D eigenvalue weighted by molar-refractivity contribution is 6.07. The van der Waals surface area contributed by atoms with Crippen LogP contribution in [0.5, 0.6) is 0 Å². The third-order valence-electron chi connectivity index (χ3n) is 6.49. The Bertz CT molecular complexity index is 980. The van der Waals surface area contributed by atoms with Gasteiger partial charge in [-0.15, -0.1) is 0 Å². The molecule has 5 unspecified atom stereocenters. The molecule has 1 aromatic carbocycles. The largest absolute Gasteiger partial charge is 0.467 e. The number of hydrogen-bond donors (Lipinski definition) is 1. The maximum Gasteiger partial charge on any atom is 0.234 e. The fraction of sp³-hybridized carbons (Fsp3) is 0.348. The molecule has 1 aromatic heterocycles. The van der Waals surface area contributed by atoms with Crippen LogP contribution in [0, 0.1) is 30.6 Å². The Balaban J connectivity index is 1.41. The highest BCUT2D eigenvalue weighted by Crippen LogP contribution is 2.54. The van der Waals surface area contributed by atoms with E-state index in [9.17, 15) is 14.4 Å². The van der Waals surface area contributed by atoms with E-state index in [0.717, 1.165) is 12.0 Å². The number of benzene rings is 1. The first-order chi connectivity index (χ1) is 14.0. The summed E-state index contributed by atoms with van der Waals surface area (Å²) in [6.45, 7) is 1.91. The van der Waals surface area contributed by atoms with Crippen molar-refractivity contribution in [3.05, 3.63) is 66.1 Å². The summed E-state index contributed by atoms with van der Waals surface area (Å²) in [5, 5.41) is 2.89. The van der Waals surface area contributed by atoms with Gasteiger partial charge in [0.1, 0.15) is 11.8 Å². The molecule has 2 bridgehead atoms. The van der Waals surface area contributed by atoms with Crippen LogP contribution in [-0.4, -0.2) is 22.6 Å². The fourth-order valence-corrected chi connectivity index (χ4v) is 5.12. The third-order valence-corrected chi connectivity index (χ3v) is 6.49. The van der Waals surface area contributed by atoms with Gasteiger partial charge in [0.15, 0.2) is 0 Å². The first kappa shape index (κ1) is 17.9. The molecule has 1 aliphatic heterocycles. The number of para-hydroxylation sites is 1. The van der Waals surface area contributed by atoms with E-state index in [4.69, 9.17) is 4.42 Å². The summed E-state index contributed by atoms with van der Waals surface area (Å²) in [4.78, 5) is 40.5. The highest BCUT2D eigenvalue weighted by Gasteiger charge is 2.60. The number of nitrogens with zero attached hydrogens (tertiary/aromatic N) is 1. The average molecular weight is 390 g/mol. The van der Waals surface area contributed by atoms with Gasteiger partial charge in [0.2, 0.25) is 17.7 Å². The zero-order valence-corrected chi connectivity index (χ0v) is 16.1. The summed E-state index contributed by atoms with van der Waals surface area (Å²) in [5.41, 5.74) is 1.66. The number of nitrogens with one attached hydrogen (secondary N) is 1. The fourth-order valence-electron chi connectivity index (χ4n) is 5.12. The molecule has 148 valence electrons. The van der Waals surface area contributed by atoms with Crippen molar-refractivity contribution in [1.29, 1.82) is 0 Å². The van der Waals surface area contributed by atoms with Crippen LogP contribution in [0.1, 0.15) is 30.2 Å². The molecular weight excluding hydrogens is 368 g/mol. The van der Waals surface area contributed by atoms with Crippen molar-refractivity contribution in [2.24, 2.45) is 23.7 Å². The quantitative estimate of drug-likeness (QED) is 0.626. The number of anilines is 1. The third kappa shape index (κ3) is 2.82. The number of rotatable bonds is 5. The van der Waals surface area contributed by atoms with Crippen LogP contribution in [0.15, 0.2) is 59.2 Å². The first-order valence-corrected chi connectivity index (χ1v) is 9.98.